The van der Waals surface area contributed by atoms with E-state index in [1.807, 2.05) is 6.07 Å². The molecule has 2 atom stereocenters. The van der Waals surface area contributed by atoms with E-state index in [-0.39, 0.29) is 0 Å². The normalized spacial score (nSPS) is 28.1. The third kappa shape index (κ3) is 2.88. The molecule has 0 spiro atoms. The molecular formula is C15H20ClNO2. The number of hydrogen-bond donors (Lipinski definition) is 1. The van der Waals surface area contributed by atoms with Gasteiger partial charge in [-0.3, -0.25) is 4.90 Å². The van der Waals surface area contributed by atoms with Gasteiger partial charge in [0.2, 0.25) is 0 Å². The quantitative estimate of drug-likeness (QED) is 0.904. The number of fused-ring (bicyclic) bond motifs is 1. The van der Waals surface area contributed by atoms with Gasteiger partial charge in [0.1, 0.15) is 5.75 Å². The summed E-state index contributed by atoms with van der Waals surface area (Å²) in [5.74, 6) is 0.336. The fraction of sp³-hybridized carbons (Fsp3) is 0.600. The number of benzene rings is 1. The molecule has 2 fully saturated rings. The molecule has 1 saturated carbocycles. The van der Waals surface area contributed by atoms with E-state index in [9.17, 15) is 5.11 Å². The SMILES string of the molecule is Oc1ccc(Cl)cc1CN1CCOC2CCCCC21. The van der Waals surface area contributed by atoms with Gasteiger partial charge in [-0.05, 0) is 31.0 Å². The fourth-order valence-corrected chi connectivity index (χ4v) is 3.47. The van der Waals surface area contributed by atoms with Crippen molar-refractivity contribution in [3.05, 3.63) is 28.8 Å². The molecule has 1 aliphatic carbocycles. The number of aromatic hydroxyl groups is 1. The second-order valence-corrected chi connectivity index (χ2v) is 5.94. The maximum Gasteiger partial charge on any atom is 0.120 e. The first-order valence-corrected chi connectivity index (χ1v) is 7.45. The summed E-state index contributed by atoms with van der Waals surface area (Å²) < 4.78 is 5.87. The molecule has 3 nitrogen and oxygen atoms in total. The van der Waals surface area contributed by atoms with Gasteiger partial charge < -0.3 is 9.84 Å². The second-order valence-electron chi connectivity index (χ2n) is 5.50. The Balaban J connectivity index is 1.75. The van der Waals surface area contributed by atoms with Crippen LogP contribution in [0.5, 0.6) is 5.75 Å². The molecule has 1 aliphatic heterocycles. The number of ether oxygens (including phenoxy) is 1. The molecule has 19 heavy (non-hydrogen) atoms. The third-order valence-electron chi connectivity index (χ3n) is 4.26. The molecule has 1 N–H and O–H groups in total. The van der Waals surface area contributed by atoms with Crippen molar-refractivity contribution >= 4 is 11.6 Å². The summed E-state index contributed by atoms with van der Waals surface area (Å²) in [6.07, 6.45) is 5.30. The minimum Gasteiger partial charge on any atom is -0.508 e. The Morgan fingerprint density at radius 2 is 2.16 bits per heavy atom. The standard InChI is InChI=1S/C15H20ClNO2/c16-12-5-6-14(18)11(9-12)10-17-7-8-19-15-4-2-1-3-13(15)17/h5-6,9,13,15,18H,1-4,7-8,10H2. The second kappa shape index (κ2) is 5.70. The number of phenolic OH excluding ortho intramolecular Hbond substituents is 1. The van der Waals surface area contributed by atoms with E-state index in [1.165, 1.54) is 25.7 Å². The highest BCUT2D eigenvalue weighted by molar-refractivity contribution is 6.30. The number of morpholine rings is 1. The smallest absolute Gasteiger partial charge is 0.120 e. The van der Waals surface area contributed by atoms with Gasteiger partial charge >= 0.3 is 0 Å². The van der Waals surface area contributed by atoms with Crippen LogP contribution >= 0.6 is 11.6 Å². The van der Waals surface area contributed by atoms with Crippen LogP contribution in [0, 0.1) is 0 Å². The number of nitrogens with zero attached hydrogens (tertiary/aromatic N) is 1. The molecule has 0 aromatic heterocycles. The van der Waals surface area contributed by atoms with Gasteiger partial charge in [0, 0.05) is 29.7 Å². The minimum absolute atomic E-state index is 0.336. The van der Waals surface area contributed by atoms with Crippen molar-refractivity contribution in [3.63, 3.8) is 0 Å². The van der Waals surface area contributed by atoms with Crippen LogP contribution in [0.2, 0.25) is 5.02 Å². The van der Waals surface area contributed by atoms with E-state index in [0.29, 0.717) is 22.9 Å². The van der Waals surface area contributed by atoms with Crippen LogP contribution in [0.15, 0.2) is 18.2 Å². The van der Waals surface area contributed by atoms with Crippen LogP contribution in [0.25, 0.3) is 0 Å². The van der Waals surface area contributed by atoms with Gasteiger partial charge in [0.15, 0.2) is 0 Å². The van der Waals surface area contributed by atoms with Gasteiger partial charge in [0.05, 0.1) is 12.7 Å². The lowest BCUT2D eigenvalue weighted by molar-refractivity contribution is -0.0912. The first kappa shape index (κ1) is 13.2. The van der Waals surface area contributed by atoms with Crippen molar-refractivity contribution in [2.24, 2.45) is 0 Å². The van der Waals surface area contributed by atoms with Crippen LogP contribution in [0.1, 0.15) is 31.2 Å². The Labute approximate surface area is 119 Å². The summed E-state index contributed by atoms with van der Waals surface area (Å²) >= 11 is 6.02. The van der Waals surface area contributed by atoms with E-state index < -0.39 is 0 Å². The number of rotatable bonds is 2. The third-order valence-corrected chi connectivity index (χ3v) is 4.50. The lowest BCUT2D eigenvalue weighted by Gasteiger charge is -2.43. The molecule has 2 aliphatic rings. The number of hydrogen-bond acceptors (Lipinski definition) is 3. The lowest BCUT2D eigenvalue weighted by atomic mass is 9.90. The summed E-state index contributed by atoms with van der Waals surface area (Å²) in [5.41, 5.74) is 0.915. The van der Waals surface area contributed by atoms with Crippen LogP contribution < -0.4 is 0 Å². The zero-order valence-corrected chi connectivity index (χ0v) is 11.8. The van der Waals surface area contributed by atoms with E-state index >= 15 is 0 Å². The molecule has 1 saturated heterocycles. The van der Waals surface area contributed by atoms with Gasteiger partial charge in [-0.1, -0.05) is 24.4 Å². The Kier molecular flexibility index (Phi) is 3.96. The lowest BCUT2D eigenvalue weighted by Crippen LogP contribution is -2.52. The maximum absolute atomic E-state index is 9.95. The van der Waals surface area contributed by atoms with Gasteiger partial charge in [-0.15, -0.1) is 0 Å². The molecule has 1 aromatic rings. The molecule has 3 rings (SSSR count). The zero-order chi connectivity index (χ0) is 13.2. The van der Waals surface area contributed by atoms with Crippen LogP contribution in [0.3, 0.4) is 0 Å². The molecule has 1 aromatic carbocycles. The predicted molar refractivity (Wildman–Crippen MR) is 75.5 cm³/mol. The summed E-state index contributed by atoms with van der Waals surface area (Å²) in [6, 6.07) is 5.77. The van der Waals surface area contributed by atoms with Gasteiger partial charge in [-0.2, -0.15) is 0 Å². The first-order valence-electron chi connectivity index (χ1n) is 7.07. The minimum atomic E-state index is 0.336. The highest BCUT2D eigenvalue weighted by atomic mass is 35.5. The van der Waals surface area contributed by atoms with Crippen molar-refractivity contribution in [1.29, 1.82) is 0 Å². The van der Waals surface area contributed by atoms with Crippen LogP contribution in [-0.4, -0.2) is 35.3 Å². The van der Waals surface area contributed by atoms with Crippen molar-refractivity contribution in [1.82, 2.24) is 4.90 Å². The fourth-order valence-electron chi connectivity index (χ4n) is 3.27. The van der Waals surface area contributed by atoms with Crippen molar-refractivity contribution in [2.45, 2.75) is 44.4 Å². The molecule has 0 bridgehead atoms. The monoisotopic (exact) mass is 281 g/mol. The molecule has 0 radical (unpaired) electrons. The van der Waals surface area contributed by atoms with Gasteiger partial charge in [0.25, 0.3) is 0 Å². The first-order chi connectivity index (χ1) is 9.24. The molecule has 1 heterocycles. The number of halogens is 1. The van der Waals surface area contributed by atoms with Crippen molar-refractivity contribution < 1.29 is 9.84 Å². The highest BCUT2D eigenvalue weighted by Crippen LogP contribution is 2.31. The summed E-state index contributed by atoms with van der Waals surface area (Å²) in [4.78, 5) is 2.44. The Morgan fingerprint density at radius 3 is 3.05 bits per heavy atom. The summed E-state index contributed by atoms with van der Waals surface area (Å²) in [7, 11) is 0. The molecular weight excluding hydrogens is 262 g/mol. The largest absolute Gasteiger partial charge is 0.508 e. The van der Waals surface area contributed by atoms with E-state index in [4.69, 9.17) is 16.3 Å². The average molecular weight is 282 g/mol. The Bertz CT molecular complexity index is 450. The Morgan fingerprint density at radius 1 is 1.32 bits per heavy atom. The summed E-state index contributed by atoms with van der Waals surface area (Å²) in [5, 5.41) is 10.6. The average Bonchev–Trinajstić information content (AvgIpc) is 2.43. The number of phenols is 1. The highest BCUT2D eigenvalue weighted by Gasteiger charge is 2.34. The zero-order valence-electron chi connectivity index (χ0n) is 11.0. The van der Waals surface area contributed by atoms with Crippen LogP contribution in [0.4, 0.5) is 0 Å². The topological polar surface area (TPSA) is 32.7 Å². The van der Waals surface area contributed by atoms with E-state index in [0.717, 1.165) is 25.3 Å². The van der Waals surface area contributed by atoms with Crippen molar-refractivity contribution in [2.75, 3.05) is 13.2 Å². The molecule has 4 heteroatoms. The van der Waals surface area contributed by atoms with Gasteiger partial charge in [-0.25, -0.2) is 0 Å². The molecule has 2 unspecified atom stereocenters. The van der Waals surface area contributed by atoms with E-state index in [1.54, 1.807) is 12.1 Å². The van der Waals surface area contributed by atoms with Crippen LogP contribution in [-0.2, 0) is 11.3 Å². The molecule has 0 amide bonds. The summed E-state index contributed by atoms with van der Waals surface area (Å²) in [6.45, 7) is 2.49. The molecule has 104 valence electrons. The Hall–Kier alpha value is -0.770. The van der Waals surface area contributed by atoms with Crippen molar-refractivity contribution in [3.8, 4) is 5.75 Å². The maximum atomic E-state index is 9.95. The predicted octanol–water partition coefficient (Wildman–Crippen LogP) is 3.19. The van der Waals surface area contributed by atoms with E-state index in [2.05, 4.69) is 4.90 Å².